The quantitative estimate of drug-likeness (QED) is 0.832. The smallest absolute Gasteiger partial charge is 0.407 e. The van der Waals surface area contributed by atoms with Crippen molar-refractivity contribution in [1.82, 2.24) is 5.32 Å². The molecule has 0 radical (unpaired) electrons. The van der Waals surface area contributed by atoms with E-state index >= 15 is 0 Å². The predicted octanol–water partition coefficient (Wildman–Crippen LogP) is 3.51. The molecular formula is C12H13Cl2NO3. The summed E-state index contributed by atoms with van der Waals surface area (Å²) in [5.74, 6) is -0.0682. The lowest BCUT2D eigenvalue weighted by Crippen LogP contribution is -2.46. The van der Waals surface area contributed by atoms with Crippen LogP contribution in [0.25, 0.3) is 0 Å². The number of phenolic OH excluding ortho intramolecular Hbond substituents is 1. The maximum absolute atomic E-state index is 11.3. The minimum absolute atomic E-state index is 0.0682. The van der Waals surface area contributed by atoms with Crippen LogP contribution in [0.3, 0.4) is 0 Å². The van der Waals surface area contributed by atoms with Crippen LogP contribution in [0.4, 0.5) is 4.79 Å². The first kappa shape index (κ1) is 13.3. The van der Waals surface area contributed by atoms with E-state index < -0.39 is 12.1 Å². The Hall–Kier alpha value is -1.13. The molecule has 0 unspecified atom stereocenters. The van der Waals surface area contributed by atoms with Gasteiger partial charge >= 0.3 is 6.09 Å². The highest BCUT2D eigenvalue weighted by Crippen LogP contribution is 2.43. The lowest BCUT2D eigenvalue weighted by Gasteiger charge is -2.38. The number of halogens is 2. The first-order chi connectivity index (χ1) is 8.31. The fourth-order valence-electron chi connectivity index (χ4n) is 1.99. The van der Waals surface area contributed by atoms with E-state index in [9.17, 15) is 9.90 Å². The van der Waals surface area contributed by atoms with Gasteiger partial charge in [-0.1, -0.05) is 37.0 Å². The highest BCUT2D eigenvalue weighted by molar-refractivity contribution is 6.35. The number of nitrogens with one attached hydrogen (secondary N) is 1. The Morgan fingerprint density at radius 1 is 1.44 bits per heavy atom. The second kappa shape index (κ2) is 4.52. The summed E-state index contributed by atoms with van der Waals surface area (Å²) in [6.45, 7) is 4.10. The number of ether oxygens (including phenoxy) is 1. The number of carbonyl (C=O) groups excluding carboxylic acids is 1. The van der Waals surface area contributed by atoms with Crippen molar-refractivity contribution in [3.63, 3.8) is 0 Å². The standard InChI is InChI=1S/C12H13Cl2NO3/c1-12(2)5-18-11(17)15-10(12)7-3-6(13)4-8(14)9(7)16/h3-4,10,16H,5H2,1-2H3,(H,15,17)/t10-/m1/s1. The first-order valence-corrected chi connectivity index (χ1v) is 6.18. The third-order valence-electron chi connectivity index (χ3n) is 2.99. The largest absolute Gasteiger partial charge is 0.506 e. The van der Waals surface area contributed by atoms with Gasteiger partial charge in [0.15, 0.2) is 0 Å². The summed E-state index contributed by atoms with van der Waals surface area (Å²) < 4.78 is 4.95. The fourth-order valence-corrected chi connectivity index (χ4v) is 2.50. The normalized spacial score (nSPS) is 22.2. The average Bonchev–Trinajstić information content (AvgIpc) is 2.27. The van der Waals surface area contributed by atoms with Gasteiger partial charge < -0.3 is 15.2 Å². The van der Waals surface area contributed by atoms with Crippen LogP contribution in [0.2, 0.25) is 10.0 Å². The number of benzene rings is 1. The van der Waals surface area contributed by atoms with E-state index in [1.165, 1.54) is 6.07 Å². The molecule has 4 nitrogen and oxygen atoms in total. The zero-order valence-corrected chi connectivity index (χ0v) is 11.5. The zero-order chi connectivity index (χ0) is 13.5. The molecule has 1 atom stereocenters. The number of carbonyl (C=O) groups is 1. The molecule has 1 fully saturated rings. The molecule has 0 aromatic heterocycles. The third kappa shape index (κ3) is 2.35. The highest BCUT2D eigenvalue weighted by atomic mass is 35.5. The van der Waals surface area contributed by atoms with Crippen LogP contribution in [-0.4, -0.2) is 17.8 Å². The summed E-state index contributed by atoms with van der Waals surface area (Å²) in [7, 11) is 0. The Balaban J connectivity index is 2.49. The van der Waals surface area contributed by atoms with E-state index in [0.717, 1.165) is 0 Å². The number of hydrogen-bond donors (Lipinski definition) is 2. The van der Waals surface area contributed by atoms with Gasteiger partial charge in [-0.05, 0) is 12.1 Å². The van der Waals surface area contributed by atoms with Crippen LogP contribution in [0.5, 0.6) is 5.75 Å². The third-order valence-corrected chi connectivity index (χ3v) is 3.49. The van der Waals surface area contributed by atoms with Crippen molar-refractivity contribution in [2.75, 3.05) is 6.61 Å². The van der Waals surface area contributed by atoms with Gasteiger partial charge in [-0.3, -0.25) is 0 Å². The zero-order valence-electron chi connectivity index (χ0n) is 9.96. The van der Waals surface area contributed by atoms with E-state index in [1.54, 1.807) is 6.07 Å². The minimum atomic E-state index is -0.519. The second-order valence-corrected chi connectivity index (χ2v) is 5.81. The number of alkyl carbamates (subject to hydrolysis) is 1. The van der Waals surface area contributed by atoms with Crippen LogP contribution in [0, 0.1) is 5.41 Å². The summed E-state index contributed by atoms with van der Waals surface area (Å²) in [5.41, 5.74) is 0.119. The molecule has 0 aliphatic carbocycles. The monoisotopic (exact) mass is 289 g/mol. The van der Waals surface area contributed by atoms with Gasteiger partial charge in [-0.15, -0.1) is 0 Å². The molecule has 2 rings (SSSR count). The van der Waals surface area contributed by atoms with Gasteiger partial charge in [0.1, 0.15) is 12.4 Å². The molecular weight excluding hydrogens is 277 g/mol. The van der Waals surface area contributed by atoms with Crippen molar-refractivity contribution in [2.45, 2.75) is 19.9 Å². The van der Waals surface area contributed by atoms with Crippen molar-refractivity contribution in [3.8, 4) is 5.75 Å². The van der Waals surface area contributed by atoms with Crippen LogP contribution < -0.4 is 5.32 Å². The summed E-state index contributed by atoms with van der Waals surface area (Å²) in [5, 5.41) is 13.3. The number of hydrogen-bond acceptors (Lipinski definition) is 3. The number of amides is 1. The average molecular weight is 290 g/mol. The summed E-state index contributed by atoms with van der Waals surface area (Å²) in [4.78, 5) is 11.3. The summed E-state index contributed by atoms with van der Waals surface area (Å²) >= 11 is 11.8. The predicted molar refractivity (Wildman–Crippen MR) is 69.1 cm³/mol. The Morgan fingerprint density at radius 2 is 2.11 bits per heavy atom. The van der Waals surface area contributed by atoms with Crippen molar-refractivity contribution < 1.29 is 14.6 Å². The summed E-state index contributed by atoms with van der Waals surface area (Å²) in [6, 6.07) is 2.65. The Labute approximate surface area is 115 Å². The van der Waals surface area contributed by atoms with Crippen LogP contribution in [-0.2, 0) is 4.74 Å². The van der Waals surface area contributed by atoms with E-state index in [-0.39, 0.29) is 22.8 Å². The summed E-state index contributed by atoms with van der Waals surface area (Å²) in [6.07, 6.45) is -0.519. The molecule has 1 heterocycles. The molecule has 0 saturated carbocycles. The van der Waals surface area contributed by atoms with E-state index in [1.807, 2.05) is 13.8 Å². The molecule has 1 aliphatic rings. The van der Waals surface area contributed by atoms with Crippen LogP contribution in [0.1, 0.15) is 25.5 Å². The van der Waals surface area contributed by atoms with Crippen molar-refractivity contribution in [3.05, 3.63) is 27.7 Å². The molecule has 2 N–H and O–H groups in total. The molecule has 1 aromatic rings. The SMILES string of the molecule is CC1(C)COC(=O)N[C@@H]1c1cc(Cl)cc(Cl)c1O. The van der Waals surface area contributed by atoms with E-state index in [0.29, 0.717) is 10.6 Å². The lowest BCUT2D eigenvalue weighted by atomic mass is 9.80. The van der Waals surface area contributed by atoms with E-state index in [2.05, 4.69) is 5.32 Å². The van der Waals surface area contributed by atoms with Gasteiger partial charge in [-0.2, -0.15) is 0 Å². The van der Waals surface area contributed by atoms with Gasteiger partial charge in [0.25, 0.3) is 0 Å². The molecule has 1 amide bonds. The molecule has 6 heteroatoms. The van der Waals surface area contributed by atoms with Crippen molar-refractivity contribution in [2.24, 2.45) is 5.41 Å². The van der Waals surface area contributed by atoms with Crippen molar-refractivity contribution >= 4 is 29.3 Å². The maximum atomic E-state index is 11.3. The van der Waals surface area contributed by atoms with Crippen LogP contribution >= 0.6 is 23.2 Å². The Morgan fingerprint density at radius 3 is 2.78 bits per heavy atom. The highest BCUT2D eigenvalue weighted by Gasteiger charge is 2.39. The van der Waals surface area contributed by atoms with Gasteiger partial charge in [0.2, 0.25) is 0 Å². The Bertz CT molecular complexity index is 502. The first-order valence-electron chi connectivity index (χ1n) is 5.42. The van der Waals surface area contributed by atoms with Gasteiger partial charge in [0.05, 0.1) is 11.1 Å². The molecule has 1 aliphatic heterocycles. The van der Waals surface area contributed by atoms with Gasteiger partial charge in [0, 0.05) is 16.0 Å². The molecule has 18 heavy (non-hydrogen) atoms. The molecule has 1 saturated heterocycles. The number of aromatic hydroxyl groups is 1. The van der Waals surface area contributed by atoms with Crippen LogP contribution in [0.15, 0.2) is 12.1 Å². The fraction of sp³-hybridized carbons (Fsp3) is 0.417. The maximum Gasteiger partial charge on any atom is 0.407 e. The molecule has 98 valence electrons. The van der Waals surface area contributed by atoms with E-state index in [4.69, 9.17) is 27.9 Å². The van der Waals surface area contributed by atoms with Crippen molar-refractivity contribution in [1.29, 1.82) is 0 Å². The van der Waals surface area contributed by atoms with Gasteiger partial charge in [-0.25, -0.2) is 4.79 Å². The molecule has 1 aromatic carbocycles. The second-order valence-electron chi connectivity index (χ2n) is 4.97. The molecule has 0 bridgehead atoms. The number of phenols is 1. The molecule has 0 spiro atoms. The number of cyclic esters (lactones) is 1. The Kier molecular flexibility index (Phi) is 3.34. The minimum Gasteiger partial charge on any atom is -0.506 e. The number of rotatable bonds is 1. The lowest BCUT2D eigenvalue weighted by molar-refractivity contribution is 0.0381. The topological polar surface area (TPSA) is 58.6 Å².